The van der Waals surface area contributed by atoms with Crippen LogP contribution in [0.5, 0.6) is 0 Å². The van der Waals surface area contributed by atoms with Crippen molar-refractivity contribution in [2.75, 3.05) is 25.0 Å². The topological polar surface area (TPSA) is 87.7 Å². The van der Waals surface area contributed by atoms with Crippen LogP contribution < -0.4 is 10.6 Å². The van der Waals surface area contributed by atoms with Gasteiger partial charge in [0.25, 0.3) is 0 Å². The standard InChI is InChI=1S/C15H20N2O4/c1-15(9-16-10-15)21-8-13(18)17-12-5-2-11(3-6-12)4-7-14(19)20/h2-3,5-6,16H,4,7-10H2,1H3,(H,17,18)(H,19,20). The van der Waals surface area contributed by atoms with Gasteiger partial charge >= 0.3 is 5.97 Å². The Morgan fingerprint density at radius 3 is 2.52 bits per heavy atom. The van der Waals surface area contributed by atoms with Crippen molar-refractivity contribution < 1.29 is 19.4 Å². The minimum Gasteiger partial charge on any atom is -0.481 e. The van der Waals surface area contributed by atoms with Gasteiger partial charge in [-0.25, -0.2) is 0 Å². The van der Waals surface area contributed by atoms with E-state index in [0.717, 1.165) is 18.7 Å². The fourth-order valence-corrected chi connectivity index (χ4v) is 2.02. The summed E-state index contributed by atoms with van der Waals surface area (Å²) in [7, 11) is 0. The van der Waals surface area contributed by atoms with Gasteiger partial charge in [-0.2, -0.15) is 0 Å². The number of carboxylic acid groups (broad SMARTS) is 1. The maximum Gasteiger partial charge on any atom is 0.303 e. The van der Waals surface area contributed by atoms with E-state index in [4.69, 9.17) is 9.84 Å². The summed E-state index contributed by atoms with van der Waals surface area (Å²) >= 11 is 0. The fraction of sp³-hybridized carbons (Fsp3) is 0.467. The molecular weight excluding hydrogens is 272 g/mol. The van der Waals surface area contributed by atoms with Crippen molar-refractivity contribution in [3.63, 3.8) is 0 Å². The fourth-order valence-electron chi connectivity index (χ4n) is 2.02. The second-order valence-electron chi connectivity index (χ2n) is 5.48. The average Bonchev–Trinajstić information content (AvgIpc) is 2.42. The van der Waals surface area contributed by atoms with Crippen LogP contribution in [0.15, 0.2) is 24.3 Å². The van der Waals surface area contributed by atoms with Crippen LogP contribution in [0.3, 0.4) is 0 Å². The minimum atomic E-state index is -0.816. The molecule has 1 heterocycles. The second kappa shape index (κ2) is 6.69. The number of anilines is 1. The lowest BCUT2D eigenvalue weighted by molar-refractivity contribution is -0.137. The normalized spacial score (nSPS) is 16.0. The number of aliphatic carboxylic acids is 1. The maximum absolute atomic E-state index is 11.8. The molecule has 1 aliphatic rings. The summed E-state index contributed by atoms with van der Waals surface area (Å²) in [6, 6.07) is 7.16. The zero-order valence-corrected chi connectivity index (χ0v) is 12.0. The third-order valence-electron chi connectivity index (χ3n) is 3.41. The Kier molecular flexibility index (Phi) is 4.93. The van der Waals surface area contributed by atoms with Gasteiger partial charge < -0.3 is 20.5 Å². The highest BCUT2D eigenvalue weighted by molar-refractivity contribution is 5.91. The lowest BCUT2D eigenvalue weighted by atomic mass is 10.0. The van der Waals surface area contributed by atoms with Crippen LogP contribution in [0.25, 0.3) is 0 Å². The van der Waals surface area contributed by atoms with Crippen LogP contribution in [-0.4, -0.2) is 42.3 Å². The molecule has 6 heteroatoms. The van der Waals surface area contributed by atoms with Gasteiger partial charge in [-0.1, -0.05) is 12.1 Å². The van der Waals surface area contributed by atoms with E-state index in [-0.39, 0.29) is 24.5 Å². The van der Waals surface area contributed by atoms with E-state index in [0.29, 0.717) is 12.1 Å². The van der Waals surface area contributed by atoms with Crippen molar-refractivity contribution in [3.05, 3.63) is 29.8 Å². The first-order chi connectivity index (χ1) is 9.97. The minimum absolute atomic E-state index is 0.0267. The first-order valence-electron chi connectivity index (χ1n) is 6.92. The summed E-state index contributed by atoms with van der Waals surface area (Å²) in [5.41, 5.74) is 1.37. The molecular formula is C15H20N2O4. The first kappa shape index (κ1) is 15.5. The molecule has 3 N–H and O–H groups in total. The smallest absolute Gasteiger partial charge is 0.303 e. The summed E-state index contributed by atoms with van der Waals surface area (Å²) in [4.78, 5) is 22.3. The number of benzene rings is 1. The highest BCUT2D eigenvalue weighted by Crippen LogP contribution is 2.15. The van der Waals surface area contributed by atoms with Crippen LogP contribution >= 0.6 is 0 Å². The molecule has 0 aliphatic carbocycles. The maximum atomic E-state index is 11.8. The zero-order valence-electron chi connectivity index (χ0n) is 12.0. The Labute approximate surface area is 123 Å². The van der Waals surface area contributed by atoms with Gasteiger partial charge in [0.05, 0.1) is 5.60 Å². The summed E-state index contributed by atoms with van der Waals surface area (Å²) in [5, 5.41) is 14.5. The van der Waals surface area contributed by atoms with Gasteiger partial charge in [0.15, 0.2) is 0 Å². The lowest BCUT2D eigenvalue weighted by Gasteiger charge is -2.38. The van der Waals surface area contributed by atoms with Crippen molar-refractivity contribution in [3.8, 4) is 0 Å². The number of aryl methyl sites for hydroxylation is 1. The van der Waals surface area contributed by atoms with E-state index in [1.807, 2.05) is 19.1 Å². The lowest BCUT2D eigenvalue weighted by Crippen LogP contribution is -2.59. The molecule has 1 fully saturated rings. The molecule has 0 bridgehead atoms. The largest absolute Gasteiger partial charge is 0.481 e. The Bertz CT molecular complexity index is 509. The van der Waals surface area contributed by atoms with Gasteiger partial charge in [0, 0.05) is 25.2 Å². The van der Waals surface area contributed by atoms with Crippen molar-refractivity contribution in [2.45, 2.75) is 25.4 Å². The van der Waals surface area contributed by atoms with E-state index in [2.05, 4.69) is 10.6 Å². The number of hydrogen-bond donors (Lipinski definition) is 3. The number of amides is 1. The van der Waals surface area contributed by atoms with Crippen LogP contribution in [0, 0.1) is 0 Å². The monoisotopic (exact) mass is 292 g/mol. The summed E-state index contributed by atoms with van der Waals surface area (Å²) in [6.45, 7) is 3.52. The number of carbonyl (C=O) groups is 2. The average molecular weight is 292 g/mol. The molecule has 0 atom stereocenters. The van der Waals surface area contributed by atoms with E-state index in [1.54, 1.807) is 12.1 Å². The zero-order chi connectivity index (χ0) is 15.3. The third-order valence-corrected chi connectivity index (χ3v) is 3.41. The molecule has 2 rings (SSSR count). The predicted octanol–water partition coefficient (Wildman–Crippen LogP) is 1.02. The Morgan fingerprint density at radius 2 is 2.00 bits per heavy atom. The molecule has 1 amide bonds. The van der Waals surface area contributed by atoms with E-state index in [1.165, 1.54) is 0 Å². The van der Waals surface area contributed by atoms with Crippen molar-refractivity contribution in [2.24, 2.45) is 0 Å². The Hall–Kier alpha value is -1.92. The van der Waals surface area contributed by atoms with Gasteiger partial charge in [-0.15, -0.1) is 0 Å². The van der Waals surface area contributed by atoms with Crippen LogP contribution in [0.4, 0.5) is 5.69 Å². The molecule has 0 unspecified atom stereocenters. The summed E-state index contributed by atoms with van der Waals surface area (Å²) in [5.74, 6) is -1.01. The second-order valence-corrected chi connectivity index (χ2v) is 5.48. The summed E-state index contributed by atoms with van der Waals surface area (Å²) < 4.78 is 5.55. The Balaban J connectivity index is 1.76. The van der Waals surface area contributed by atoms with Gasteiger partial charge in [0.1, 0.15) is 6.61 Å². The van der Waals surface area contributed by atoms with Gasteiger partial charge in [-0.3, -0.25) is 9.59 Å². The molecule has 0 radical (unpaired) electrons. The van der Waals surface area contributed by atoms with Crippen molar-refractivity contribution in [1.29, 1.82) is 0 Å². The Morgan fingerprint density at radius 1 is 1.33 bits per heavy atom. The number of carboxylic acids is 1. The third kappa shape index (κ3) is 4.84. The number of rotatable bonds is 7. The van der Waals surface area contributed by atoms with Crippen molar-refractivity contribution in [1.82, 2.24) is 5.32 Å². The van der Waals surface area contributed by atoms with Crippen LogP contribution in [0.1, 0.15) is 18.9 Å². The first-order valence-corrected chi connectivity index (χ1v) is 6.92. The van der Waals surface area contributed by atoms with Crippen molar-refractivity contribution >= 4 is 17.6 Å². The summed E-state index contributed by atoms with van der Waals surface area (Å²) in [6.07, 6.45) is 0.587. The number of nitrogens with one attached hydrogen (secondary N) is 2. The number of ether oxygens (including phenoxy) is 1. The number of carbonyl (C=O) groups excluding carboxylic acids is 1. The van der Waals surface area contributed by atoms with E-state index in [9.17, 15) is 9.59 Å². The molecule has 1 aromatic rings. The quantitative estimate of drug-likeness (QED) is 0.698. The predicted molar refractivity (Wildman–Crippen MR) is 78.3 cm³/mol. The SMILES string of the molecule is CC1(OCC(=O)Nc2ccc(CCC(=O)O)cc2)CNC1. The molecule has 114 valence electrons. The van der Waals surface area contributed by atoms with Gasteiger partial charge in [-0.05, 0) is 31.0 Å². The molecule has 0 spiro atoms. The van der Waals surface area contributed by atoms with Crippen LogP contribution in [-0.2, 0) is 20.7 Å². The van der Waals surface area contributed by atoms with E-state index >= 15 is 0 Å². The van der Waals surface area contributed by atoms with Gasteiger partial charge in [0.2, 0.25) is 5.91 Å². The molecule has 1 aromatic carbocycles. The molecule has 6 nitrogen and oxygen atoms in total. The van der Waals surface area contributed by atoms with Crippen LogP contribution in [0.2, 0.25) is 0 Å². The van der Waals surface area contributed by atoms with E-state index < -0.39 is 5.97 Å². The molecule has 21 heavy (non-hydrogen) atoms. The highest BCUT2D eigenvalue weighted by atomic mass is 16.5. The highest BCUT2D eigenvalue weighted by Gasteiger charge is 2.32. The molecule has 1 aliphatic heterocycles. The molecule has 0 saturated carbocycles. The molecule has 0 aromatic heterocycles. The molecule has 1 saturated heterocycles. The number of hydrogen-bond acceptors (Lipinski definition) is 4.